The van der Waals surface area contributed by atoms with E-state index in [0.717, 1.165) is 24.8 Å². The molecule has 2 aromatic carbocycles. The number of nitrogens with zero attached hydrogens (tertiary/aromatic N) is 2. The number of aromatic hydroxyl groups is 1. The minimum Gasteiger partial charge on any atom is -0.508 e. The van der Waals surface area contributed by atoms with Crippen LogP contribution in [0.4, 0.5) is 5.69 Å². The molecule has 3 nitrogen and oxygen atoms in total. The van der Waals surface area contributed by atoms with E-state index in [4.69, 9.17) is 5.26 Å². The Balaban J connectivity index is 2.05. The summed E-state index contributed by atoms with van der Waals surface area (Å²) in [5.41, 5.74) is 4.01. The molecule has 0 saturated carbocycles. The summed E-state index contributed by atoms with van der Waals surface area (Å²) in [4.78, 5) is 2.42. The first-order chi connectivity index (χ1) is 11.9. The summed E-state index contributed by atoms with van der Waals surface area (Å²) < 4.78 is 0. The average molecular weight is 336 g/mol. The van der Waals surface area contributed by atoms with Crippen LogP contribution < -0.4 is 4.90 Å². The minimum atomic E-state index is 0.276. The second kappa shape index (κ2) is 8.58. The van der Waals surface area contributed by atoms with Crippen LogP contribution >= 0.6 is 0 Å². The van der Waals surface area contributed by atoms with Gasteiger partial charge in [-0.3, -0.25) is 0 Å². The lowest BCUT2D eigenvalue weighted by Gasteiger charge is -2.33. The largest absolute Gasteiger partial charge is 0.508 e. The molecule has 0 aliphatic rings. The first kappa shape index (κ1) is 18.9. The van der Waals surface area contributed by atoms with Gasteiger partial charge in [-0.2, -0.15) is 5.26 Å². The summed E-state index contributed by atoms with van der Waals surface area (Å²) in [6.45, 7) is 8.88. The number of benzene rings is 2. The Labute approximate surface area is 151 Å². The van der Waals surface area contributed by atoms with E-state index in [0.29, 0.717) is 17.6 Å². The molecule has 1 N–H and O–H groups in total. The highest BCUT2D eigenvalue weighted by molar-refractivity contribution is 5.50. The van der Waals surface area contributed by atoms with Gasteiger partial charge in [-0.1, -0.05) is 12.1 Å². The normalized spacial score (nSPS) is 10.9. The monoisotopic (exact) mass is 336 g/mol. The summed E-state index contributed by atoms with van der Waals surface area (Å²) in [7, 11) is 0. The number of hydrogen-bond acceptors (Lipinski definition) is 3. The number of phenolic OH excluding ortho intramolecular Hbond substituents is 1. The van der Waals surface area contributed by atoms with Crippen molar-refractivity contribution in [1.29, 1.82) is 5.26 Å². The van der Waals surface area contributed by atoms with Crippen LogP contribution in [0.5, 0.6) is 5.75 Å². The molecule has 0 atom stereocenters. The molecule has 2 rings (SSSR count). The van der Waals surface area contributed by atoms with Gasteiger partial charge >= 0.3 is 0 Å². The van der Waals surface area contributed by atoms with E-state index in [-0.39, 0.29) is 5.75 Å². The van der Waals surface area contributed by atoms with Crippen molar-refractivity contribution in [1.82, 2.24) is 0 Å². The van der Waals surface area contributed by atoms with Crippen LogP contribution in [0.2, 0.25) is 0 Å². The maximum atomic E-state index is 9.95. The Morgan fingerprint density at radius 2 is 1.72 bits per heavy atom. The fraction of sp³-hybridized carbons (Fsp3) is 0.409. The van der Waals surface area contributed by atoms with Crippen LogP contribution in [0, 0.1) is 11.3 Å². The predicted molar refractivity (Wildman–Crippen MR) is 104 cm³/mol. The summed E-state index contributed by atoms with van der Waals surface area (Å²) >= 11 is 0. The Morgan fingerprint density at radius 1 is 1.00 bits per heavy atom. The molecular weight excluding hydrogens is 308 g/mol. The highest BCUT2D eigenvalue weighted by atomic mass is 16.3. The Hall–Kier alpha value is -2.47. The van der Waals surface area contributed by atoms with E-state index in [9.17, 15) is 5.11 Å². The molecule has 0 saturated heterocycles. The molecule has 0 spiro atoms. The van der Waals surface area contributed by atoms with E-state index in [1.54, 1.807) is 18.2 Å². The zero-order chi connectivity index (χ0) is 18.4. The van der Waals surface area contributed by atoms with E-state index >= 15 is 0 Å². The molecule has 2 aromatic rings. The summed E-state index contributed by atoms with van der Waals surface area (Å²) in [6.07, 6.45) is 2.66. The second-order valence-electron chi connectivity index (χ2n) is 7.07. The van der Waals surface area contributed by atoms with Crippen molar-refractivity contribution in [3.05, 3.63) is 59.2 Å². The van der Waals surface area contributed by atoms with Crippen molar-refractivity contribution in [2.24, 2.45) is 0 Å². The third-order valence-electron chi connectivity index (χ3n) is 4.44. The fourth-order valence-electron chi connectivity index (χ4n) is 3.40. The van der Waals surface area contributed by atoms with Gasteiger partial charge < -0.3 is 10.0 Å². The Morgan fingerprint density at radius 3 is 2.36 bits per heavy atom. The molecule has 0 aliphatic carbocycles. The van der Waals surface area contributed by atoms with Gasteiger partial charge in [0.05, 0.1) is 11.6 Å². The quantitative estimate of drug-likeness (QED) is 0.768. The lowest BCUT2D eigenvalue weighted by molar-refractivity contribution is 0.467. The van der Waals surface area contributed by atoms with Crippen LogP contribution in [-0.4, -0.2) is 17.2 Å². The lowest BCUT2D eigenvalue weighted by Crippen LogP contribution is -2.36. The molecule has 0 radical (unpaired) electrons. The predicted octanol–water partition coefficient (Wildman–Crippen LogP) is 5.06. The highest BCUT2D eigenvalue weighted by Gasteiger charge is 2.14. The standard InChI is InChI=1S/C22H28N2O/c1-16(2)24(17(3)4)21-10-6-8-18(14-21)7-5-9-20-13-19(15-23)11-12-22(20)25/h6,8,10-14,16-17,25H,5,7,9H2,1-4H3. The van der Waals surface area contributed by atoms with Gasteiger partial charge in [0.15, 0.2) is 0 Å². The van der Waals surface area contributed by atoms with Crippen molar-refractivity contribution < 1.29 is 5.11 Å². The van der Waals surface area contributed by atoms with E-state index in [2.05, 4.69) is 62.9 Å². The molecule has 0 amide bonds. The lowest BCUT2D eigenvalue weighted by atomic mass is 10.0. The van der Waals surface area contributed by atoms with Gasteiger partial charge in [-0.25, -0.2) is 0 Å². The van der Waals surface area contributed by atoms with Crippen molar-refractivity contribution in [2.45, 2.75) is 59.0 Å². The highest BCUT2D eigenvalue weighted by Crippen LogP contribution is 2.24. The zero-order valence-corrected chi connectivity index (χ0v) is 15.7. The molecule has 132 valence electrons. The molecule has 25 heavy (non-hydrogen) atoms. The molecule has 0 fully saturated rings. The fourth-order valence-corrected chi connectivity index (χ4v) is 3.40. The Kier molecular flexibility index (Phi) is 6.47. The molecule has 0 aromatic heterocycles. The maximum absolute atomic E-state index is 9.95. The van der Waals surface area contributed by atoms with Gasteiger partial charge in [0.2, 0.25) is 0 Å². The van der Waals surface area contributed by atoms with Crippen LogP contribution in [0.1, 0.15) is 50.8 Å². The summed E-state index contributed by atoms with van der Waals surface area (Å²) in [5.74, 6) is 0.276. The maximum Gasteiger partial charge on any atom is 0.118 e. The number of rotatable bonds is 7. The topological polar surface area (TPSA) is 47.3 Å². The van der Waals surface area contributed by atoms with Gasteiger partial charge in [-0.15, -0.1) is 0 Å². The number of aryl methyl sites for hydroxylation is 2. The van der Waals surface area contributed by atoms with Crippen molar-refractivity contribution in [2.75, 3.05) is 4.90 Å². The minimum absolute atomic E-state index is 0.276. The number of anilines is 1. The van der Waals surface area contributed by atoms with Gasteiger partial charge in [0, 0.05) is 17.8 Å². The molecule has 0 heterocycles. The third-order valence-corrected chi connectivity index (χ3v) is 4.44. The second-order valence-corrected chi connectivity index (χ2v) is 7.07. The molecule has 0 aliphatic heterocycles. The van der Waals surface area contributed by atoms with Crippen molar-refractivity contribution >= 4 is 5.69 Å². The van der Waals surface area contributed by atoms with Gasteiger partial charge in [0.1, 0.15) is 5.75 Å². The van der Waals surface area contributed by atoms with Crippen molar-refractivity contribution in [3.8, 4) is 11.8 Å². The van der Waals surface area contributed by atoms with E-state index in [1.807, 2.05) is 0 Å². The van der Waals surface area contributed by atoms with E-state index < -0.39 is 0 Å². The number of phenols is 1. The average Bonchev–Trinajstić information content (AvgIpc) is 2.56. The van der Waals surface area contributed by atoms with Crippen LogP contribution in [0.15, 0.2) is 42.5 Å². The zero-order valence-electron chi connectivity index (χ0n) is 15.7. The van der Waals surface area contributed by atoms with E-state index in [1.165, 1.54) is 11.3 Å². The summed E-state index contributed by atoms with van der Waals surface area (Å²) in [5, 5.41) is 18.9. The van der Waals surface area contributed by atoms with Crippen LogP contribution in [-0.2, 0) is 12.8 Å². The third kappa shape index (κ3) is 5.00. The number of hydrogen-bond donors (Lipinski definition) is 1. The smallest absolute Gasteiger partial charge is 0.118 e. The van der Waals surface area contributed by atoms with Gasteiger partial charge in [-0.05, 0) is 88.4 Å². The van der Waals surface area contributed by atoms with Gasteiger partial charge in [0.25, 0.3) is 0 Å². The Bertz CT molecular complexity index is 736. The first-order valence-electron chi connectivity index (χ1n) is 9.01. The first-order valence-corrected chi connectivity index (χ1v) is 9.01. The van der Waals surface area contributed by atoms with Crippen LogP contribution in [0.25, 0.3) is 0 Å². The van der Waals surface area contributed by atoms with Crippen LogP contribution in [0.3, 0.4) is 0 Å². The van der Waals surface area contributed by atoms with Crippen molar-refractivity contribution in [3.63, 3.8) is 0 Å². The summed E-state index contributed by atoms with van der Waals surface area (Å²) in [6, 6.07) is 16.8. The molecule has 0 unspecified atom stereocenters. The number of nitriles is 1. The SMILES string of the molecule is CC(C)N(c1cccc(CCCc2cc(C#N)ccc2O)c1)C(C)C. The molecule has 0 bridgehead atoms. The molecular formula is C22H28N2O. The molecule has 3 heteroatoms.